The summed E-state index contributed by atoms with van der Waals surface area (Å²) in [5, 5.41) is 2.03. The Balaban J connectivity index is 2.17. The maximum Gasteiger partial charge on any atom is 0.173 e. The van der Waals surface area contributed by atoms with Crippen LogP contribution in [-0.2, 0) is 0 Å². The summed E-state index contributed by atoms with van der Waals surface area (Å²) in [5.74, 6) is 2.39. The Labute approximate surface area is 112 Å². The Morgan fingerprint density at radius 3 is 2.94 bits per heavy atom. The van der Waals surface area contributed by atoms with E-state index in [2.05, 4.69) is 18.8 Å². The van der Waals surface area contributed by atoms with Crippen molar-refractivity contribution in [2.24, 2.45) is 5.92 Å². The molecule has 0 radical (unpaired) electrons. The highest BCUT2D eigenvalue weighted by Gasteiger charge is 2.10. The lowest BCUT2D eigenvalue weighted by molar-refractivity contribution is 0.102. The van der Waals surface area contributed by atoms with Gasteiger partial charge in [0.2, 0.25) is 0 Å². The molecule has 94 valence electrons. The van der Waals surface area contributed by atoms with Gasteiger partial charge in [0.1, 0.15) is 0 Å². The molecular formula is C15H17NOS. The number of hydrogen-bond donors (Lipinski definition) is 0. The van der Waals surface area contributed by atoms with Crippen LogP contribution in [0, 0.1) is 5.92 Å². The number of carbonyl (C=O) groups excluding carboxylic acids is 1. The average molecular weight is 259 g/mol. The van der Waals surface area contributed by atoms with E-state index in [1.807, 2.05) is 24.3 Å². The van der Waals surface area contributed by atoms with Crippen molar-refractivity contribution in [1.29, 1.82) is 0 Å². The van der Waals surface area contributed by atoms with Gasteiger partial charge in [-0.2, -0.15) is 11.8 Å². The Morgan fingerprint density at radius 2 is 2.17 bits per heavy atom. The fourth-order valence-electron chi connectivity index (χ4n) is 1.82. The fourth-order valence-corrected chi connectivity index (χ4v) is 2.75. The second-order valence-electron chi connectivity index (χ2n) is 4.73. The van der Waals surface area contributed by atoms with Gasteiger partial charge in [-0.3, -0.25) is 9.78 Å². The van der Waals surface area contributed by atoms with Crippen molar-refractivity contribution in [3.63, 3.8) is 0 Å². The molecule has 0 aliphatic rings. The number of Topliss-reactive ketones (excluding diaryl/α,β-unsaturated/α-hetero) is 1. The molecule has 0 aliphatic carbocycles. The molecule has 0 spiro atoms. The Hall–Kier alpha value is -1.35. The van der Waals surface area contributed by atoms with Gasteiger partial charge in [-0.25, -0.2) is 0 Å². The summed E-state index contributed by atoms with van der Waals surface area (Å²) in [6, 6.07) is 7.77. The normalized spacial score (nSPS) is 11.1. The SMILES string of the molecule is CC(C)CSCC(=O)c1cccc2ccncc12. The van der Waals surface area contributed by atoms with Gasteiger partial charge in [-0.15, -0.1) is 0 Å². The lowest BCUT2D eigenvalue weighted by atomic mass is 10.0. The van der Waals surface area contributed by atoms with Crippen molar-refractivity contribution in [1.82, 2.24) is 4.98 Å². The largest absolute Gasteiger partial charge is 0.293 e. The zero-order valence-corrected chi connectivity index (χ0v) is 11.5. The molecule has 18 heavy (non-hydrogen) atoms. The van der Waals surface area contributed by atoms with Gasteiger partial charge >= 0.3 is 0 Å². The summed E-state index contributed by atoms with van der Waals surface area (Å²) in [4.78, 5) is 16.3. The number of carbonyl (C=O) groups is 1. The van der Waals surface area contributed by atoms with Crippen LogP contribution in [-0.4, -0.2) is 22.3 Å². The molecule has 0 fully saturated rings. The zero-order chi connectivity index (χ0) is 13.0. The predicted octanol–water partition coefficient (Wildman–Crippen LogP) is 3.81. The molecule has 0 N–H and O–H groups in total. The van der Waals surface area contributed by atoms with Crippen LogP contribution in [0.15, 0.2) is 36.7 Å². The minimum Gasteiger partial charge on any atom is -0.293 e. The summed E-state index contributed by atoms with van der Waals surface area (Å²) < 4.78 is 0. The van der Waals surface area contributed by atoms with Crippen LogP contribution in [0.3, 0.4) is 0 Å². The van der Waals surface area contributed by atoms with Gasteiger partial charge in [0.05, 0.1) is 5.75 Å². The van der Waals surface area contributed by atoms with Crippen molar-refractivity contribution in [3.05, 3.63) is 42.2 Å². The number of rotatable bonds is 5. The topological polar surface area (TPSA) is 30.0 Å². The van der Waals surface area contributed by atoms with Crippen molar-refractivity contribution in [3.8, 4) is 0 Å². The number of ketones is 1. The van der Waals surface area contributed by atoms with Crippen molar-refractivity contribution < 1.29 is 4.79 Å². The van der Waals surface area contributed by atoms with Crippen LogP contribution in [0.1, 0.15) is 24.2 Å². The third kappa shape index (κ3) is 3.10. The predicted molar refractivity (Wildman–Crippen MR) is 78.2 cm³/mol. The number of fused-ring (bicyclic) bond motifs is 1. The van der Waals surface area contributed by atoms with Crippen LogP contribution in [0.25, 0.3) is 10.8 Å². The van der Waals surface area contributed by atoms with Gasteiger partial charge in [-0.05, 0) is 23.1 Å². The van der Waals surface area contributed by atoms with Crippen LogP contribution in [0.5, 0.6) is 0 Å². The lowest BCUT2D eigenvalue weighted by Crippen LogP contribution is -2.05. The summed E-state index contributed by atoms with van der Waals surface area (Å²) in [6.07, 6.45) is 3.53. The minimum atomic E-state index is 0.194. The van der Waals surface area contributed by atoms with E-state index in [0.717, 1.165) is 22.1 Å². The van der Waals surface area contributed by atoms with Gasteiger partial charge < -0.3 is 0 Å². The first kappa shape index (κ1) is 13.1. The Kier molecular flexibility index (Phi) is 4.37. The van der Waals surface area contributed by atoms with Gasteiger partial charge in [-0.1, -0.05) is 32.0 Å². The molecule has 2 nitrogen and oxygen atoms in total. The van der Waals surface area contributed by atoms with E-state index in [4.69, 9.17) is 0 Å². The Morgan fingerprint density at radius 1 is 1.33 bits per heavy atom. The fraction of sp³-hybridized carbons (Fsp3) is 0.333. The number of aromatic nitrogens is 1. The Bertz CT molecular complexity index is 546. The summed E-state index contributed by atoms with van der Waals surface area (Å²) in [7, 11) is 0. The molecule has 0 saturated heterocycles. The quantitative estimate of drug-likeness (QED) is 0.765. The molecule has 0 saturated carbocycles. The van der Waals surface area contributed by atoms with Gasteiger partial charge in [0.25, 0.3) is 0 Å². The highest BCUT2D eigenvalue weighted by atomic mass is 32.2. The molecular weight excluding hydrogens is 242 g/mol. The van der Waals surface area contributed by atoms with Crippen LogP contribution in [0.2, 0.25) is 0 Å². The number of hydrogen-bond acceptors (Lipinski definition) is 3. The first-order valence-electron chi connectivity index (χ1n) is 6.12. The van der Waals surface area contributed by atoms with Crippen molar-refractivity contribution in [2.45, 2.75) is 13.8 Å². The molecule has 0 aliphatic heterocycles. The van der Waals surface area contributed by atoms with Crippen LogP contribution < -0.4 is 0 Å². The summed E-state index contributed by atoms with van der Waals surface area (Å²) >= 11 is 1.70. The third-order valence-corrected chi connectivity index (χ3v) is 4.04. The van der Waals surface area contributed by atoms with Crippen LogP contribution in [0.4, 0.5) is 0 Å². The van der Waals surface area contributed by atoms with E-state index in [1.165, 1.54) is 0 Å². The third-order valence-electron chi connectivity index (χ3n) is 2.67. The molecule has 2 aromatic rings. The van der Waals surface area contributed by atoms with Crippen LogP contribution >= 0.6 is 11.8 Å². The van der Waals surface area contributed by atoms with E-state index >= 15 is 0 Å². The van der Waals surface area contributed by atoms with E-state index in [9.17, 15) is 4.79 Å². The van der Waals surface area contributed by atoms with Gasteiger partial charge in [0, 0.05) is 23.3 Å². The number of thioether (sulfide) groups is 1. The number of benzene rings is 1. The highest BCUT2D eigenvalue weighted by molar-refractivity contribution is 7.99. The second-order valence-corrected chi connectivity index (χ2v) is 5.76. The molecule has 1 heterocycles. The monoisotopic (exact) mass is 259 g/mol. The zero-order valence-electron chi connectivity index (χ0n) is 10.7. The maximum absolute atomic E-state index is 12.2. The molecule has 0 atom stereocenters. The molecule has 0 amide bonds. The first-order valence-corrected chi connectivity index (χ1v) is 7.27. The summed E-state index contributed by atoms with van der Waals surface area (Å²) in [5.41, 5.74) is 0.789. The summed E-state index contributed by atoms with van der Waals surface area (Å²) in [6.45, 7) is 4.33. The number of nitrogens with zero attached hydrogens (tertiary/aromatic N) is 1. The van der Waals surface area contributed by atoms with Crippen molar-refractivity contribution in [2.75, 3.05) is 11.5 Å². The molecule has 0 unspecified atom stereocenters. The van der Waals surface area contributed by atoms with E-state index in [1.54, 1.807) is 24.2 Å². The molecule has 0 bridgehead atoms. The van der Waals surface area contributed by atoms with E-state index in [0.29, 0.717) is 11.7 Å². The number of pyridine rings is 1. The van der Waals surface area contributed by atoms with Gasteiger partial charge in [0.15, 0.2) is 5.78 Å². The second kappa shape index (κ2) is 6.01. The smallest absolute Gasteiger partial charge is 0.173 e. The standard InChI is InChI=1S/C15H17NOS/c1-11(2)9-18-10-15(17)13-5-3-4-12-6-7-16-8-14(12)13/h3-8,11H,9-10H2,1-2H3. The van der Waals surface area contributed by atoms with E-state index < -0.39 is 0 Å². The maximum atomic E-state index is 12.2. The first-order chi connectivity index (χ1) is 8.68. The average Bonchev–Trinajstić information content (AvgIpc) is 2.37. The molecule has 3 heteroatoms. The van der Waals surface area contributed by atoms with E-state index in [-0.39, 0.29) is 5.78 Å². The molecule has 2 rings (SSSR count). The molecule has 1 aromatic heterocycles. The van der Waals surface area contributed by atoms with Crippen molar-refractivity contribution >= 4 is 28.3 Å². The highest BCUT2D eigenvalue weighted by Crippen LogP contribution is 2.19. The minimum absolute atomic E-state index is 0.194. The lowest BCUT2D eigenvalue weighted by Gasteiger charge is -2.06. The molecule has 1 aromatic carbocycles.